The fraction of sp³-hybridized carbons (Fsp3) is 0.222. The first kappa shape index (κ1) is 15.3. The zero-order valence-corrected chi connectivity index (χ0v) is 14.8. The Balaban J connectivity index is 1.35. The molecule has 0 N–H and O–H groups in total. The predicted molar refractivity (Wildman–Crippen MR) is 101 cm³/mol. The summed E-state index contributed by atoms with van der Waals surface area (Å²) in [7, 11) is 0. The van der Waals surface area contributed by atoms with Gasteiger partial charge in [0, 0.05) is 31.6 Å². The summed E-state index contributed by atoms with van der Waals surface area (Å²) in [6.45, 7) is 2.87. The van der Waals surface area contributed by atoms with Gasteiger partial charge in [0.2, 0.25) is 0 Å². The smallest absolute Gasteiger partial charge is 0.272 e. The number of hydrogen-bond donors (Lipinski definition) is 0. The van der Waals surface area contributed by atoms with Crippen molar-refractivity contribution in [1.82, 2.24) is 23.9 Å². The monoisotopic (exact) mass is 364 g/mol. The van der Waals surface area contributed by atoms with E-state index in [0.29, 0.717) is 24.4 Å². The number of aromatic nitrogens is 4. The first-order valence-corrected chi connectivity index (χ1v) is 9.26. The van der Waals surface area contributed by atoms with E-state index in [-0.39, 0.29) is 5.91 Å². The summed E-state index contributed by atoms with van der Waals surface area (Å²) in [5.74, 6) is 1.01. The van der Waals surface area contributed by atoms with Crippen LogP contribution in [-0.2, 0) is 0 Å². The van der Waals surface area contributed by atoms with Crippen molar-refractivity contribution in [2.45, 2.75) is 0 Å². The van der Waals surface area contributed by atoms with Gasteiger partial charge in [-0.25, -0.2) is 9.50 Å². The standard InChI is InChI=1S/C18H16N6OS/c25-18(14-5-3-7-16-19-12-20-24(14)16)23-10-8-22(9-11-23)17-13-4-1-2-6-15(13)26-21-17/h1-7,12H,8-11H2. The molecule has 0 bridgehead atoms. The Morgan fingerprint density at radius 1 is 1.00 bits per heavy atom. The highest BCUT2D eigenvalue weighted by Crippen LogP contribution is 2.29. The molecular formula is C18H16N6OS. The van der Waals surface area contributed by atoms with Crippen molar-refractivity contribution in [3.8, 4) is 0 Å². The van der Waals surface area contributed by atoms with Crippen molar-refractivity contribution in [3.05, 3.63) is 54.5 Å². The van der Waals surface area contributed by atoms with Crippen LogP contribution in [0.1, 0.15) is 10.5 Å². The van der Waals surface area contributed by atoms with Gasteiger partial charge in [0.1, 0.15) is 17.8 Å². The van der Waals surface area contributed by atoms with Gasteiger partial charge in [0.05, 0.1) is 4.70 Å². The molecule has 1 amide bonds. The molecule has 1 aliphatic rings. The minimum absolute atomic E-state index is 0.0103. The summed E-state index contributed by atoms with van der Waals surface area (Å²) in [4.78, 5) is 21.2. The molecule has 0 unspecified atom stereocenters. The van der Waals surface area contributed by atoms with Gasteiger partial charge in [0.15, 0.2) is 5.65 Å². The van der Waals surface area contributed by atoms with Crippen LogP contribution in [0.15, 0.2) is 48.8 Å². The second-order valence-corrected chi connectivity index (χ2v) is 7.03. The van der Waals surface area contributed by atoms with Crippen molar-refractivity contribution < 1.29 is 4.79 Å². The van der Waals surface area contributed by atoms with Gasteiger partial charge in [-0.1, -0.05) is 18.2 Å². The van der Waals surface area contributed by atoms with Crippen LogP contribution in [0.25, 0.3) is 15.7 Å². The molecule has 7 nitrogen and oxygen atoms in total. The molecule has 3 aromatic heterocycles. The largest absolute Gasteiger partial charge is 0.352 e. The van der Waals surface area contributed by atoms with E-state index in [9.17, 15) is 4.79 Å². The summed E-state index contributed by atoms with van der Waals surface area (Å²) < 4.78 is 7.42. The van der Waals surface area contributed by atoms with Gasteiger partial charge in [-0.3, -0.25) is 4.79 Å². The average molecular weight is 364 g/mol. The van der Waals surface area contributed by atoms with E-state index < -0.39 is 0 Å². The van der Waals surface area contributed by atoms with E-state index >= 15 is 0 Å². The molecule has 0 spiro atoms. The minimum atomic E-state index is -0.0103. The number of amides is 1. The van der Waals surface area contributed by atoms with Crippen molar-refractivity contribution in [1.29, 1.82) is 0 Å². The van der Waals surface area contributed by atoms with Crippen molar-refractivity contribution in [2.24, 2.45) is 0 Å². The number of carbonyl (C=O) groups excluding carboxylic acids is 1. The Morgan fingerprint density at radius 3 is 2.73 bits per heavy atom. The molecule has 0 saturated carbocycles. The van der Waals surface area contributed by atoms with E-state index in [0.717, 1.165) is 18.9 Å². The Kier molecular flexibility index (Phi) is 3.56. The number of anilines is 1. The number of hydrogen-bond acceptors (Lipinski definition) is 6. The average Bonchev–Trinajstić information content (AvgIpc) is 3.34. The number of piperazine rings is 1. The van der Waals surface area contributed by atoms with Crippen LogP contribution in [0.3, 0.4) is 0 Å². The number of fused-ring (bicyclic) bond motifs is 2. The highest BCUT2D eigenvalue weighted by molar-refractivity contribution is 7.13. The number of pyridine rings is 1. The van der Waals surface area contributed by atoms with Crippen LogP contribution in [-0.4, -0.2) is 56.0 Å². The highest BCUT2D eigenvalue weighted by atomic mass is 32.1. The van der Waals surface area contributed by atoms with Gasteiger partial charge in [-0.05, 0) is 35.8 Å². The van der Waals surface area contributed by atoms with Gasteiger partial charge in [0.25, 0.3) is 5.91 Å². The summed E-state index contributed by atoms with van der Waals surface area (Å²) in [6, 6.07) is 13.8. The number of nitrogens with zero attached hydrogens (tertiary/aromatic N) is 6. The lowest BCUT2D eigenvalue weighted by atomic mass is 10.2. The van der Waals surface area contributed by atoms with Crippen LogP contribution in [0.4, 0.5) is 5.82 Å². The van der Waals surface area contributed by atoms with Crippen LogP contribution < -0.4 is 4.90 Å². The van der Waals surface area contributed by atoms with Crippen molar-refractivity contribution in [3.63, 3.8) is 0 Å². The lowest BCUT2D eigenvalue weighted by Gasteiger charge is -2.35. The summed E-state index contributed by atoms with van der Waals surface area (Å²) in [5, 5.41) is 5.35. The third kappa shape index (κ3) is 2.41. The molecule has 5 rings (SSSR count). The van der Waals surface area contributed by atoms with E-state index in [4.69, 9.17) is 0 Å². The molecule has 1 fully saturated rings. The quantitative estimate of drug-likeness (QED) is 0.546. The maximum absolute atomic E-state index is 12.9. The van der Waals surface area contributed by atoms with Crippen molar-refractivity contribution >= 4 is 39.0 Å². The Bertz CT molecular complexity index is 1100. The maximum atomic E-state index is 12.9. The number of rotatable bonds is 2. The molecule has 0 atom stereocenters. The van der Waals surface area contributed by atoms with Crippen molar-refractivity contribution in [2.75, 3.05) is 31.1 Å². The molecule has 4 aromatic rings. The number of benzene rings is 1. The van der Waals surface area contributed by atoms with Gasteiger partial charge in [-0.15, -0.1) is 0 Å². The Morgan fingerprint density at radius 2 is 1.85 bits per heavy atom. The van der Waals surface area contributed by atoms with Crippen LogP contribution in [0.5, 0.6) is 0 Å². The summed E-state index contributed by atoms with van der Waals surface area (Å²) >= 11 is 1.52. The lowest BCUT2D eigenvalue weighted by molar-refractivity contribution is 0.0738. The van der Waals surface area contributed by atoms with Crippen LogP contribution in [0, 0.1) is 0 Å². The molecule has 0 radical (unpaired) electrons. The molecule has 8 heteroatoms. The topological polar surface area (TPSA) is 66.6 Å². The van der Waals surface area contributed by atoms with E-state index in [1.807, 2.05) is 29.2 Å². The first-order valence-electron chi connectivity index (χ1n) is 8.49. The fourth-order valence-corrected chi connectivity index (χ4v) is 4.19. The minimum Gasteiger partial charge on any atom is -0.352 e. The Labute approximate surface area is 153 Å². The third-order valence-corrected chi connectivity index (χ3v) is 5.56. The van der Waals surface area contributed by atoms with Crippen LogP contribution >= 0.6 is 11.5 Å². The molecule has 26 heavy (non-hydrogen) atoms. The molecule has 1 aliphatic heterocycles. The summed E-state index contributed by atoms with van der Waals surface area (Å²) in [6.07, 6.45) is 1.47. The van der Waals surface area contributed by atoms with E-state index in [1.165, 1.54) is 27.9 Å². The fourth-order valence-electron chi connectivity index (χ4n) is 3.39. The zero-order valence-electron chi connectivity index (χ0n) is 13.9. The summed E-state index contributed by atoms with van der Waals surface area (Å²) in [5.41, 5.74) is 1.23. The maximum Gasteiger partial charge on any atom is 0.272 e. The third-order valence-electron chi connectivity index (χ3n) is 4.75. The molecule has 130 valence electrons. The molecule has 4 heterocycles. The molecule has 1 aromatic carbocycles. The SMILES string of the molecule is O=C(c1cccc2ncnn12)N1CCN(c2nsc3ccccc23)CC1. The number of carbonyl (C=O) groups is 1. The lowest BCUT2D eigenvalue weighted by Crippen LogP contribution is -2.49. The normalized spacial score (nSPS) is 15.1. The first-order chi connectivity index (χ1) is 12.8. The predicted octanol–water partition coefficient (Wildman–Crippen LogP) is 2.30. The molecule has 1 saturated heterocycles. The zero-order chi connectivity index (χ0) is 17.5. The van der Waals surface area contributed by atoms with E-state index in [1.54, 1.807) is 10.6 Å². The second-order valence-electron chi connectivity index (χ2n) is 6.22. The van der Waals surface area contributed by atoms with Gasteiger partial charge in [-0.2, -0.15) is 9.47 Å². The van der Waals surface area contributed by atoms with E-state index in [2.05, 4.69) is 31.5 Å². The highest BCUT2D eigenvalue weighted by Gasteiger charge is 2.25. The second kappa shape index (κ2) is 6.06. The van der Waals surface area contributed by atoms with Gasteiger partial charge >= 0.3 is 0 Å². The Hall–Kier alpha value is -3.00. The molecule has 0 aliphatic carbocycles. The van der Waals surface area contributed by atoms with Gasteiger partial charge < -0.3 is 9.80 Å². The van der Waals surface area contributed by atoms with Crippen LogP contribution in [0.2, 0.25) is 0 Å². The molecular weight excluding hydrogens is 348 g/mol.